The van der Waals surface area contributed by atoms with E-state index in [9.17, 15) is 14.7 Å². The van der Waals surface area contributed by atoms with Gasteiger partial charge < -0.3 is 15.3 Å². The molecule has 0 aromatic heterocycles. The first-order chi connectivity index (χ1) is 9.66. The van der Waals surface area contributed by atoms with Gasteiger partial charge in [-0.2, -0.15) is 0 Å². The third kappa shape index (κ3) is 2.24. The fourth-order valence-electron chi connectivity index (χ4n) is 3.40. The van der Waals surface area contributed by atoms with E-state index in [4.69, 9.17) is 0 Å². The summed E-state index contributed by atoms with van der Waals surface area (Å²) < 4.78 is 0. The number of amides is 2. The van der Waals surface area contributed by atoms with Crippen molar-refractivity contribution in [2.45, 2.75) is 25.3 Å². The minimum Gasteiger partial charge on any atom is -0.465 e. The molecule has 0 aliphatic carbocycles. The number of carbonyl (C=O) groups is 2. The van der Waals surface area contributed by atoms with Crippen LogP contribution in [-0.2, 0) is 11.2 Å². The van der Waals surface area contributed by atoms with Crippen molar-refractivity contribution < 1.29 is 14.7 Å². The molecule has 0 radical (unpaired) electrons. The van der Waals surface area contributed by atoms with Gasteiger partial charge in [0.1, 0.15) is 0 Å². The average molecular weight is 274 g/mol. The van der Waals surface area contributed by atoms with Gasteiger partial charge in [-0.25, -0.2) is 4.79 Å². The molecule has 0 saturated carbocycles. The number of nitrogens with one attached hydrogen (secondary N) is 1. The minimum absolute atomic E-state index is 0.0228. The van der Waals surface area contributed by atoms with Crippen molar-refractivity contribution in [3.8, 4) is 0 Å². The Kier molecular flexibility index (Phi) is 3.34. The fourth-order valence-corrected chi connectivity index (χ4v) is 3.40. The maximum atomic E-state index is 11.6. The number of carboxylic acid groups (broad SMARTS) is 1. The molecule has 106 valence electrons. The maximum absolute atomic E-state index is 11.6. The zero-order chi connectivity index (χ0) is 14.1. The summed E-state index contributed by atoms with van der Waals surface area (Å²) in [4.78, 5) is 24.7. The molecule has 1 aromatic rings. The molecule has 2 amide bonds. The zero-order valence-electron chi connectivity index (χ0n) is 11.2. The Bertz CT molecular complexity index is 544. The van der Waals surface area contributed by atoms with Crippen LogP contribution in [0.4, 0.5) is 4.79 Å². The number of hydrogen-bond acceptors (Lipinski definition) is 2. The van der Waals surface area contributed by atoms with E-state index < -0.39 is 6.09 Å². The lowest BCUT2D eigenvalue weighted by molar-refractivity contribution is -0.124. The van der Waals surface area contributed by atoms with Crippen LogP contribution < -0.4 is 5.32 Å². The highest BCUT2D eigenvalue weighted by Crippen LogP contribution is 2.39. The Morgan fingerprint density at radius 2 is 2.15 bits per heavy atom. The number of fused-ring (bicyclic) bond motifs is 1. The van der Waals surface area contributed by atoms with Crippen LogP contribution >= 0.6 is 0 Å². The van der Waals surface area contributed by atoms with Crippen LogP contribution in [0.5, 0.6) is 0 Å². The lowest BCUT2D eigenvalue weighted by Crippen LogP contribution is -2.46. The second kappa shape index (κ2) is 5.15. The molecule has 2 unspecified atom stereocenters. The summed E-state index contributed by atoms with van der Waals surface area (Å²) >= 11 is 0. The van der Waals surface area contributed by atoms with Crippen molar-refractivity contribution in [2.75, 3.05) is 13.1 Å². The van der Waals surface area contributed by atoms with E-state index in [1.807, 2.05) is 18.2 Å². The minimum atomic E-state index is -0.893. The largest absolute Gasteiger partial charge is 0.465 e. The van der Waals surface area contributed by atoms with Crippen molar-refractivity contribution >= 4 is 12.0 Å². The monoisotopic (exact) mass is 274 g/mol. The van der Waals surface area contributed by atoms with Crippen LogP contribution in [0.25, 0.3) is 0 Å². The maximum Gasteiger partial charge on any atom is 0.407 e. The van der Waals surface area contributed by atoms with Gasteiger partial charge in [-0.05, 0) is 29.9 Å². The highest BCUT2D eigenvalue weighted by atomic mass is 16.4. The van der Waals surface area contributed by atoms with E-state index in [2.05, 4.69) is 11.4 Å². The summed E-state index contributed by atoms with van der Waals surface area (Å²) in [5.41, 5.74) is 2.28. The number of carbonyl (C=O) groups excluding carboxylic acids is 1. The van der Waals surface area contributed by atoms with Crippen molar-refractivity contribution in [3.05, 3.63) is 35.4 Å². The molecule has 0 bridgehead atoms. The highest BCUT2D eigenvalue weighted by Gasteiger charge is 2.38. The molecule has 2 atom stereocenters. The molecule has 5 nitrogen and oxygen atoms in total. The molecular formula is C15H18N2O3. The van der Waals surface area contributed by atoms with E-state index in [1.54, 1.807) is 0 Å². The topological polar surface area (TPSA) is 69.6 Å². The number of rotatable bonds is 1. The number of piperidine rings is 1. The Morgan fingerprint density at radius 3 is 2.90 bits per heavy atom. The molecule has 2 aliphatic rings. The first-order valence-electron chi connectivity index (χ1n) is 7.01. The molecule has 0 spiro atoms. The van der Waals surface area contributed by atoms with Gasteiger partial charge in [0.25, 0.3) is 0 Å². The molecule has 1 aromatic carbocycles. The fraction of sp³-hybridized carbons (Fsp3) is 0.467. The lowest BCUT2D eigenvalue weighted by atomic mass is 9.80. The molecule has 5 heteroatoms. The smallest absolute Gasteiger partial charge is 0.407 e. The Morgan fingerprint density at radius 1 is 1.35 bits per heavy atom. The molecule has 1 saturated heterocycles. The highest BCUT2D eigenvalue weighted by molar-refractivity contribution is 5.77. The van der Waals surface area contributed by atoms with Gasteiger partial charge in [-0.1, -0.05) is 24.3 Å². The predicted octanol–water partition coefficient (Wildman–Crippen LogP) is 1.79. The van der Waals surface area contributed by atoms with Gasteiger partial charge in [0.05, 0.1) is 6.04 Å². The Labute approximate surface area is 117 Å². The summed E-state index contributed by atoms with van der Waals surface area (Å²) in [5, 5.41) is 12.3. The molecule has 20 heavy (non-hydrogen) atoms. The van der Waals surface area contributed by atoms with Gasteiger partial charge in [-0.3, -0.25) is 4.79 Å². The van der Waals surface area contributed by atoms with Gasteiger partial charge in [0.15, 0.2) is 0 Å². The quantitative estimate of drug-likeness (QED) is 0.820. The van der Waals surface area contributed by atoms with Crippen LogP contribution in [0.1, 0.15) is 30.0 Å². The third-order valence-corrected chi connectivity index (χ3v) is 4.31. The second-order valence-corrected chi connectivity index (χ2v) is 5.47. The molecular weight excluding hydrogens is 256 g/mol. The summed E-state index contributed by atoms with van der Waals surface area (Å²) in [6.45, 7) is 1.14. The van der Waals surface area contributed by atoms with Crippen molar-refractivity contribution in [1.82, 2.24) is 10.2 Å². The third-order valence-electron chi connectivity index (χ3n) is 4.31. The molecule has 2 aliphatic heterocycles. The molecule has 2 N–H and O–H groups in total. The van der Waals surface area contributed by atoms with Crippen LogP contribution in [0.15, 0.2) is 24.3 Å². The Hall–Kier alpha value is -2.04. The summed E-state index contributed by atoms with van der Waals surface area (Å²) in [7, 11) is 0. The average Bonchev–Trinajstić information content (AvgIpc) is 2.46. The lowest BCUT2D eigenvalue weighted by Gasteiger charge is -2.41. The second-order valence-electron chi connectivity index (χ2n) is 5.47. The van der Waals surface area contributed by atoms with E-state index in [1.165, 1.54) is 10.5 Å². The van der Waals surface area contributed by atoms with Crippen molar-refractivity contribution in [2.24, 2.45) is 5.92 Å². The van der Waals surface area contributed by atoms with Crippen LogP contribution in [0.3, 0.4) is 0 Å². The summed E-state index contributed by atoms with van der Waals surface area (Å²) in [5.74, 6) is 0.0935. The van der Waals surface area contributed by atoms with Gasteiger partial charge >= 0.3 is 6.09 Å². The summed E-state index contributed by atoms with van der Waals surface area (Å²) in [6.07, 6.45) is 1.09. The van der Waals surface area contributed by atoms with Crippen molar-refractivity contribution in [3.63, 3.8) is 0 Å². The van der Waals surface area contributed by atoms with E-state index in [-0.39, 0.29) is 17.9 Å². The van der Waals surface area contributed by atoms with Gasteiger partial charge in [0.2, 0.25) is 5.91 Å². The SMILES string of the molecule is O=C1CC(C2c3ccccc3CCN2C(=O)O)CCN1. The standard InChI is InChI=1S/C15H18N2O3/c18-13-9-11(5-7-16-13)14-12-4-2-1-3-10(12)6-8-17(14)15(19)20/h1-4,11,14H,5-9H2,(H,16,18)(H,19,20). The zero-order valence-corrected chi connectivity index (χ0v) is 11.2. The summed E-state index contributed by atoms with van der Waals surface area (Å²) in [6, 6.07) is 7.80. The normalized spacial score (nSPS) is 25.8. The molecule has 3 rings (SSSR count). The van der Waals surface area contributed by atoms with Crippen LogP contribution in [-0.4, -0.2) is 35.1 Å². The Balaban J connectivity index is 1.98. The number of hydrogen-bond donors (Lipinski definition) is 2. The number of benzene rings is 1. The van der Waals surface area contributed by atoms with E-state index in [0.29, 0.717) is 19.5 Å². The molecule has 1 fully saturated rings. The number of nitrogens with zero attached hydrogens (tertiary/aromatic N) is 1. The first kappa shape index (κ1) is 13.0. The van der Waals surface area contributed by atoms with Gasteiger partial charge in [-0.15, -0.1) is 0 Å². The van der Waals surface area contributed by atoms with E-state index in [0.717, 1.165) is 18.4 Å². The van der Waals surface area contributed by atoms with Gasteiger partial charge in [0, 0.05) is 19.5 Å². The first-order valence-corrected chi connectivity index (χ1v) is 7.01. The molecule has 2 heterocycles. The van der Waals surface area contributed by atoms with E-state index >= 15 is 0 Å². The van der Waals surface area contributed by atoms with Crippen LogP contribution in [0, 0.1) is 5.92 Å². The van der Waals surface area contributed by atoms with Crippen LogP contribution in [0.2, 0.25) is 0 Å². The predicted molar refractivity (Wildman–Crippen MR) is 73.4 cm³/mol. The van der Waals surface area contributed by atoms with Crippen molar-refractivity contribution in [1.29, 1.82) is 0 Å².